The van der Waals surface area contributed by atoms with Crippen LogP contribution in [0.2, 0.25) is 10.0 Å². The molecule has 0 aromatic heterocycles. The summed E-state index contributed by atoms with van der Waals surface area (Å²) in [6.45, 7) is 0.871. The van der Waals surface area contributed by atoms with E-state index < -0.39 is 28.4 Å². The van der Waals surface area contributed by atoms with Crippen molar-refractivity contribution in [1.82, 2.24) is 15.5 Å². The number of piperidine rings is 1. The first-order valence-corrected chi connectivity index (χ1v) is 15.6. The lowest BCUT2D eigenvalue weighted by atomic mass is 10.1. The zero-order valence-electron chi connectivity index (χ0n) is 22.9. The smallest absolute Gasteiger partial charge is 0.323 e. The van der Waals surface area contributed by atoms with Gasteiger partial charge in [-0.15, -0.1) is 0 Å². The Morgan fingerprint density at radius 1 is 0.977 bits per heavy atom. The van der Waals surface area contributed by atoms with Gasteiger partial charge < -0.3 is 25.4 Å². The molecule has 0 spiro atoms. The topological polar surface area (TPSA) is 154 Å². The number of amides is 2. The molecule has 1 fully saturated rings. The molecule has 0 unspecified atom stereocenters. The minimum Gasteiger partial charge on any atom is -0.480 e. The lowest BCUT2D eigenvalue weighted by Gasteiger charge is -2.25. The molecule has 4 rings (SSSR count). The van der Waals surface area contributed by atoms with Crippen LogP contribution < -0.4 is 20.1 Å². The molecule has 228 valence electrons. The number of carbonyl (C=O) groups excluding carboxylic acids is 2. The largest absolute Gasteiger partial charge is 0.480 e. The number of carboxylic acids is 1. The third-order valence-electron chi connectivity index (χ3n) is 6.58. The summed E-state index contributed by atoms with van der Waals surface area (Å²) < 4.78 is 34.7. The highest BCUT2D eigenvalue weighted by Crippen LogP contribution is 2.35. The number of nitrogens with zero attached hydrogens (tertiary/aromatic N) is 1. The van der Waals surface area contributed by atoms with Gasteiger partial charge in [0.25, 0.3) is 15.9 Å². The van der Waals surface area contributed by atoms with Gasteiger partial charge in [-0.25, -0.2) is 8.42 Å². The van der Waals surface area contributed by atoms with Crippen molar-refractivity contribution in [3.05, 3.63) is 82.3 Å². The number of hydrogen-bond acceptors (Lipinski definition) is 7. The monoisotopic (exact) mass is 648 g/mol. The third-order valence-corrected chi connectivity index (χ3v) is 8.50. The second kappa shape index (κ2) is 14.6. The minimum absolute atomic E-state index is 0.0363. The summed E-state index contributed by atoms with van der Waals surface area (Å²) in [7, 11) is -4.12. The summed E-state index contributed by atoms with van der Waals surface area (Å²) in [5.74, 6) is -1.69. The summed E-state index contributed by atoms with van der Waals surface area (Å²) in [6.07, 6.45) is 1.52. The van der Waals surface area contributed by atoms with Gasteiger partial charge in [0.2, 0.25) is 5.91 Å². The molecule has 3 aromatic carbocycles. The van der Waals surface area contributed by atoms with Crippen LogP contribution in [0.25, 0.3) is 0 Å². The maximum absolute atomic E-state index is 13.2. The molecule has 11 nitrogen and oxygen atoms in total. The third kappa shape index (κ3) is 9.07. The predicted molar refractivity (Wildman–Crippen MR) is 162 cm³/mol. The van der Waals surface area contributed by atoms with E-state index >= 15 is 0 Å². The Labute approximate surface area is 259 Å². The van der Waals surface area contributed by atoms with E-state index in [9.17, 15) is 27.9 Å². The fourth-order valence-corrected chi connectivity index (χ4v) is 5.92. The van der Waals surface area contributed by atoms with E-state index in [1.165, 1.54) is 36.4 Å². The van der Waals surface area contributed by atoms with Gasteiger partial charge in [-0.1, -0.05) is 35.3 Å². The molecular weight excluding hydrogens is 619 g/mol. The quantitative estimate of drug-likeness (QED) is 0.226. The number of carboxylic acid groups (broad SMARTS) is 1. The average molecular weight is 650 g/mol. The normalized spacial score (nSPS) is 13.6. The second-order valence-corrected chi connectivity index (χ2v) is 12.3. The van der Waals surface area contributed by atoms with Crippen molar-refractivity contribution < 1.29 is 32.6 Å². The molecule has 0 aliphatic carbocycles. The molecular formula is C29H30Cl2N4O7S. The van der Waals surface area contributed by atoms with E-state index in [4.69, 9.17) is 27.9 Å². The Bertz CT molecular complexity index is 1580. The number of sulfonamides is 1. The Hall–Kier alpha value is -3.84. The van der Waals surface area contributed by atoms with Gasteiger partial charge >= 0.3 is 5.97 Å². The Kier molecular flexibility index (Phi) is 10.9. The lowest BCUT2D eigenvalue weighted by Crippen LogP contribution is -2.44. The number of carbonyl (C=O) groups is 3. The van der Waals surface area contributed by atoms with Gasteiger partial charge in [0.1, 0.15) is 12.3 Å². The van der Waals surface area contributed by atoms with Crippen LogP contribution in [-0.4, -0.2) is 68.4 Å². The zero-order valence-corrected chi connectivity index (χ0v) is 25.2. The van der Waals surface area contributed by atoms with Crippen molar-refractivity contribution in [2.75, 3.05) is 30.9 Å². The molecule has 1 heterocycles. The van der Waals surface area contributed by atoms with Crippen molar-refractivity contribution in [3.8, 4) is 11.5 Å². The van der Waals surface area contributed by atoms with E-state index in [1.807, 2.05) is 0 Å². The summed E-state index contributed by atoms with van der Waals surface area (Å²) in [5.41, 5.74) is 0.212. The molecule has 4 N–H and O–H groups in total. The van der Waals surface area contributed by atoms with Crippen LogP contribution in [0, 0.1) is 0 Å². The number of rotatable bonds is 12. The lowest BCUT2D eigenvalue weighted by molar-refractivity contribution is -0.138. The average Bonchev–Trinajstić information content (AvgIpc) is 2.97. The number of halogens is 2. The first kappa shape index (κ1) is 32.1. The minimum atomic E-state index is -4.12. The van der Waals surface area contributed by atoms with Crippen LogP contribution in [0.5, 0.6) is 11.5 Å². The molecule has 14 heteroatoms. The van der Waals surface area contributed by atoms with Crippen molar-refractivity contribution in [3.63, 3.8) is 0 Å². The van der Waals surface area contributed by atoms with Gasteiger partial charge in [0, 0.05) is 29.6 Å². The summed E-state index contributed by atoms with van der Waals surface area (Å²) >= 11 is 12.1. The molecule has 2 amide bonds. The first-order valence-electron chi connectivity index (χ1n) is 13.4. The standard InChI is InChI=1S/C29H30Cl2N4O7S/c30-20-7-10-25(23(31)17-20)42-26-4-2-1-3-24(26)34-43(40,41)22-8-5-19(6-9-22)29(39)35(18-28(37)38)16-13-27(36)33-21-11-14-32-15-12-21/h1-10,17,21,32,34H,11-16,18H2,(H,33,36)(H,37,38). The highest BCUT2D eigenvalue weighted by molar-refractivity contribution is 7.92. The molecule has 1 aliphatic rings. The molecule has 3 aromatic rings. The number of hydrogen-bond donors (Lipinski definition) is 4. The van der Waals surface area contributed by atoms with Crippen LogP contribution in [0.15, 0.2) is 71.6 Å². The molecule has 1 saturated heterocycles. The Morgan fingerprint density at radius 2 is 1.67 bits per heavy atom. The SMILES string of the molecule is O=C(O)CN(CCC(=O)NC1CCNCC1)C(=O)c1ccc(S(=O)(=O)Nc2ccccc2Oc2ccc(Cl)cc2Cl)cc1. The van der Waals surface area contributed by atoms with Crippen LogP contribution in [-0.2, 0) is 19.6 Å². The summed E-state index contributed by atoms with van der Waals surface area (Å²) in [4.78, 5) is 37.9. The van der Waals surface area contributed by atoms with E-state index in [-0.39, 0.29) is 57.6 Å². The summed E-state index contributed by atoms with van der Waals surface area (Å²) in [6, 6.07) is 16.1. The Morgan fingerprint density at radius 3 is 2.35 bits per heavy atom. The molecule has 0 bridgehead atoms. The molecule has 0 saturated carbocycles. The highest BCUT2D eigenvalue weighted by atomic mass is 35.5. The molecule has 1 aliphatic heterocycles. The maximum Gasteiger partial charge on any atom is 0.323 e. The molecule has 0 atom stereocenters. The molecule has 0 radical (unpaired) electrons. The van der Waals surface area contributed by atoms with Gasteiger partial charge in [-0.3, -0.25) is 19.1 Å². The van der Waals surface area contributed by atoms with Crippen molar-refractivity contribution in [2.24, 2.45) is 0 Å². The van der Waals surface area contributed by atoms with E-state index in [1.54, 1.807) is 30.3 Å². The van der Waals surface area contributed by atoms with Gasteiger partial charge in [0.15, 0.2) is 5.75 Å². The van der Waals surface area contributed by atoms with Crippen LogP contribution in [0.3, 0.4) is 0 Å². The number of benzene rings is 3. The van der Waals surface area contributed by atoms with E-state index in [2.05, 4.69) is 15.4 Å². The number of para-hydroxylation sites is 2. The number of anilines is 1. The van der Waals surface area contributed by atoms with Gasteiger partial charge in [-0.2, -0.15) is 0 Å². The highest BCUT2D eigenvalue weighted by Gasteiger charge is 2.23. The molecule has 43 heavy (non-hydrogen) atoms. The zero-order chi connectivity index (χ0) is 31.0. The number of nitrogens with one attached hydrogen (secondary N) is 3. The van der Waals surface area contributed by atoms with Crippen molar-refractivity contribution in [1.29, 1.82) is 0 Å². The van der Waals surface area contributed by atoms with Crippen LogP contribution >= 0.6 is 23.2 Å². The van der Waals surface area contributed by atoms with Gasteiger partial charge in [-0.05, 0) is 80.5 Å². The first-order chi connectivity index (χ1) is 20.5. The van der Waals surface area contributed by atoms with Crippen molar-refractivity contribution >= 4 is 56.7 Å². The van der Waals surface area contributed by atoms with Crippen LogP contribution in [0.1, 0.15) is 29.6 Å². The summed E-state index contributed by atoms with van der Waals surface area (Å²) in [5, 5.41) is 16.1. The fourth-order valence-electron chi connectivity index (χ4n) is 4.40. The van der Waals surface area contributed by atoms with E-state index in [0.717, 1.165) is 30.8 Å². The van der Waals surface area contributed by atoms with E-state index in [0.29, 0.717) is 5.02 Å². The van der Waals surface area contributed by atoms with Gasteiger partial charge in [0.05, 0.1) is 15.6 Å². The predicted octanol–water partition coefficient (Wildman–Crippen LogP) is 4.37. The van der Waals surface area contributed by atoms with Crippen molar-refractivity contribution in [2.45, 2.75) is 30.2 Å². The maximum atomic E-state index is 13.2. The fraction of sp³-hybridized carbons (Fsp3) is 0.276. The second-order valence-electron chi connectivity index (χ2n) is 9.77. The van der Waals surface area contributed by atoms with Crippen LogP contribution in [0.4, 0.5) is 5.69 Å². The Balaban J connectivity index is 1.43. The number of ether oxygens (including phenoxy) is 1. The number of aliphatic carboxylic acids is 1.